The van der Waals surface area contributed by atoms with Crippen molar-refractivity contribution >= 4 is 17.4 Å². The summed E-state index contributed by atoms with van der Waals surface area (Å²) >= 11 is 0. The maximum atomic E-state index is 13.3. The first kappa shape index (κ1) is 22.8. The van der Waals surface area contributed by atoms with Crippen molar-refractivity contribution in [3.63, 3.8) is 0 Å². The third-order valence-corrected chi connectivity index (χ3v) is 5.74. The predicted molar refractivity (Wildman–Crippen MR) is 125 cm³/mol. The Morgan fingerprint density at radius 2 is 1.53 bits per heavy atom. The number of pyridine rings is 1. The molecule has 0 aliphatic carbocycles. The zero-order chi connectivity index (χ0) is 24.2. The molecule has 1 aromatic heterocycles. The molecule has 3 aromatic rings. The lowest BCUT2D eigenvalue weighted by Gasteiger charge is -2.26. The van der Waals surface area contributed by atoms with Crippen LogP contribution in [0.25, 0.3) is 5.76 Å². The Kier molecular flexibility index (Phi) is 6.49. The zero-order valence-electron chi connectivity index (χ0n) is 19.0. The molecule has 0 radical (unpaired) electrons. The van der Waals surface area contributed by atoms with E-state index >= 15 is 0 Å². The quantitative estimate of drug-likeness (QED) is 0.326. The van der Waals surface area contributed by atoms with E-state index in [1.807, 2.05) is 0 Å². The van der Waals surface area contributed by atoms with Crippen molar-refractivity contribution in [2.75, 3.05) is 21.3 Å². The fourth-order valence-corrected chi connectivity index (χ4v) is 4.08. The second-order valence-electron chi connectivity index (χ2n) is 7.59. The highest BCUT2D eigenvalue weighted by atomic mass is 16.5. The highest BCUT2D eigenvalue weighted by Gasteiger charge is 2.46. The lowest BCUT2D eigenvalue weighted by Crippen LogP contribution is -2.29. The first-order valence-corrected chi connectivity index (χ1v) is 10.5. The molecule has 1 aliphatic rings. The Labute approximate surface area is 197 Å². The number of aliphatic hydroxyl groups excluding tert-OH is 1. The number of carbonyl (C=O) groups excluding carboxylic acids is 2. The standard InChI is InChI=1S/C26H24N2O6/c1-32-18-9-7-17(8-10-18)23-22(24(29)21-19(33-2)5-4-6-20(21)34-3)25(30)26(31)28(23)15-16-11-13-27-14-12-16/h4-14,23,29H,15H2,1-3H3/b24-22+. The largest absolute Gasteiger partial charge is 0.506 e. The minimum atomic E-state index is -0.839. The lowest BCUT2D eigenvalue weighted by molar-refractivity contribution is -0.140. The van der Waals surface area contributed by atoms with Crippen molar-refractivity contribution in [1.29, 1.82) is 0 Å². The molecule has 8 heteroatoms. The molecule has 34 heavy (non-hydrogen) atoms. The van der Waals surface area contributed by atoms with Gasteiger partial charge >= 0.3 is 0 Å². The van der Waals surface area contributed by atoms with E-state index < -0.39 is 17.7 Å². The van der Waals surface area contributed by atoms with Crippen LogP contribution in [-0.4, -0.2) is 48.0 Å². The van der Waals surface area contributed by atoms with Gasteiger partial charge in [-0.2, -0.15) is 0 Å². The Balaban J connectivity index is 1.92. The molecule has 0 bridgehead atoms. The number of ether oxygens (including phenoxy) is 3. The smallest absolute Gasteiger partial charge is 0.295 e. The van der Waals surface area contributed by atoms with Gasteiger partial charge in [-0.25, -0.2) is 0 Å². The van der Waals surface area contributed by atoms with E-state index in [2.05, 4.69) is 4.98 Å². The molecule has 1 atom stereocenters. The lowest BCUT2D eigenvalue weighted by atomic mass is 9.94. The van der Waals surface area contributed by atoms with Crippen molar-refractivity contribution in [3.8, 4) is 17.2 Å². The van der Waals surface area contributed by atoms with Gasteiger partial charge in [0.05, 0.1) is 32.9 Å². The Morgan fingerprint density at radius 3 is 2.09 bits per heavy atom. The molecular formula is C26H24N2O6. The van der Waals surface area contributed by atoms with Gasteiger partial charge in [0.25, 0.3) is 11.7 Å². The van der Waals surface area contributed by atoms with Gasteiger partial charge in [0.2, 0.25) is 0 Å². The van der Waals surface area contributed by atoms with Crippen LogP contribution in [0.1, 0.15) is 22.7 Å². The van der Waals surface area contributed by atoms with Crippen LogP contribution >= 0.6 is 0 Å². The molecule has 1 aliphatic heterocycles. The third-order valence-electron chi connectivity index (χ3n) is 5.74. The number of aromatic nitrogens is 1. The van der Waals surface area contributed by atoms with Gasteiger partial charge in [-0.1, -0.05) is 18.2 Å². The number of rotatable bonds is 7. The van der Waals surface area contributed by atoms with Crippen molar-refractivity contribution in [2.45, 2.75) is 12.6 Å². The first-order chi connectivity index (χ1) is 16.5. The summed E-state index contributed by atoms with van der Waals surface area (Å²) in [6.45, 7) is 0.156. The maximum Gasteiger partial charge on any atom is 0.295 e. The number of benzene rings is 2. The number of aliphatic hydroxyl groups is 1. The van der Waals surface area contributed by atoms with E-state index in [0.29, 0.717) is 22.8 Å². The van der Waals surface area contributed by atoms with E-state index in [1.165, 1.54) is 19.1 Å². The van der Waals surface area contributed by atoms with Crippen LogP contribution in [0.5, 0.6) is 17.2 Å². The van der Waals surface area contributed by atoms with Crippen molar-refractivity contribution < 1.29 is 28.9 Å². The van der Waals surface area contributed by atoms with Gasteiger partial charge < -0.3 is 24.2 Å². The molecule has 1 unspecified atom stereocenters. The Morgan fingerprint density at radius 1 is 0.912 bits per heavy atom. The molecule has 0 saturated carbocycles. The summed E-state index contributed by atoms with van der Waals surface area (Å²) in [7, 11) is 4.46. The number of amides is 1. The Hall–Kier alpha value is -4.33. The summed E-state index contributed by atoms with van der Waals surface area (Å²) in [6, 6.07) is 14.7. The summed E-state index contributed by atoms with van der Waals surface area (Å²) < 4.78 is 16.1. The fraction of sp³-hybridized carbons (Fsp3) is 0.192. The average molecular weight is 460 g/mol. The SMILES string of the molecule is COc1ccc(C2/C(=C(\O)c3c(OC)cccc3OC)C(=O)C(=O)N2Cc2ccncc2)cc1. The Bertz CT molecular complexity index is 1220. The molecule has 4 rings (SSSR count). The molecule has 1 amide bonds. The average Bonchev–Trinajstić information content (AvgIpc) is 3.13. The van der Waals surface area contributed by atoms with E-state index in [4.69, 9.17) is 14.2 Å². The first-order valence-electron chi connectivity index (χ1n) is 10.5. The molecule has 1 N–H and O–H groups in total. The summed E-state index contributed by atoms with van der Waals surface area (Å²) in [6.07, 6.45) is 3.24. The molecule has 8 nitrogen and oxygen atoms in total. The predicted octanol–water partition coefficient (Wildman–Crippen LogP) is 3.73. The topological polar surface area (TPSA) is 98.2 Å². The van der Waals surface area contributed by atoms with Gasteiger partial charge in [-0.05, 0) is 47.5 Å². The number of hydrogen-bond acceptors (Lipinski definition) is 7. The molecule has 0 spiro atoms. The van der Waals surface area contributed by atoms with Crippen LogP contribution in [0.2, 0.25) is 0 Å². The zero-order valence-corrected chi connectivity index (χ0v) is 19.0. The van der Waals surface area contributed by atoms with Crippen molar-refractivity contribution in [1.82, 2.24) is 9.88 Å². The normalized spacial score (nSPS) is 17.0. The second kappa shape index (κ2) is 9.66. The number of ketones is 1. The minimum Gasteiger partial charge on any atom is -0.506 e. The maximum absolute atomic E-state index is 13.3. The summed E-state index contributed by atoms with van der Waals surface area (Å²) in [4.78, 5) is 31.9. The number of nitrogens with zero attached hydrogens (tertiary/aromatic N) is 2. The van der Waals surface area contributed by atoms with Crippen LogP contribution in [-0.2, 0) is 16.1 Å². The molecule has 174 valence electrons. The summed E-state index contributed by atoms with van der Waals surface area (Å²) in [5, 5.41) is 11.4. The molecule has 1 fully saturated rings. The van der Waals surface area contributed by atoms with Gasteiger partial charge in [0.1, 0.15) is 28.6 Å². The van der Waals surface area contributed by atoms with Gasteiger partial charge in [-0.15, -0.1) is 0 Å². The van der Waals surface area contributed by atoms with Crippen LogP contribution in [0.15, 0.2) is 72.6 Å². The van der Waals surface area contributed by atoms with E-state index in [0.717, 1.165) is 5.56 Å². The summed E-state index contributed by atoms with van der Waals surface area (Å²) in [5.41, 5.74) is 1.59. The van der Waals surface area contributed by atoms with Crippen molar-refractivity contribution in [3.05, 3.63) is 89.3 Å². The van der Waals surface area contributed by atoms with Crippen LogP contribution in [0, 0.1) is 0 Å². The minimum absolute atomic E-state index is 0.0491. The number of hydrogen-bond donors (Lipinski definition) is 1. The van der Waals surface area contributed by atoms with Gasteiger partial charge in [0, 0.05) is 18.9 Å². The van der Waals surface area contributed by atoms with E-state index in [-0.39, 0.29) is 23.4 Å². The van der Waals surface area contributed by atoms with E-state index in [9.17, 15) is 14.7 Å². The second-order valence-corrected chi connectivity index (χ2v) is 7.59. The van der Waals surface area contributed by atoms with Crippen LogP contribution in [0.3, 0.4) is 0 Å². The van der Waals surface area contributed by atoms with Gasteiger partial charge in [0.15, 0.2) is 0 Å². The molecule has 1 saturated heterocycles. The number of carbonyl (C=O) groups is 2. The van der Waals surface area contributed by atoms with Gasteiger partial charge in [-0.3, -0.25) is 14.6 Å². The monoisotopic (exact) mass is 460 g/mol. The van der Waals surface area contributed by atoms with E-state index in [1.54, 1.807) is 74.1 Å². The fourth-order valence-electron chi connectivity index (χ4n) is 4.08. The number of Topliss-reactive ketones (excluding diaryl/α,β-unsaturated/α-hetero) is 1. The molecular weight excluding hydrogens is 436 g/mol. The number of likely N-dealkylation sites (tertiary alicyclic amines) is 1. The molecule has 2 heterocycles. The van der Waals surface area contributed by atoms with Crippen LogP contribution in [0.4, 0.5) is 0 Å². The summed E-state index contributed by atoms with van der Waals surface area (Å²) in [5.74, 6) is -0.628. The third kappa shape index (κ3) is 4.05. The van der Waals surface area contributed by atoms with Crippen molar-refractivity contribution in [2.24, 2.45) is 0 Å². The highest BCUT2D eigenvalue weighted by Crippen LogP contribution is 2.44. The number of methoxy groups -OCH3 is 3. The van der Waals surface area contributed by atoms with Crippen LogP contribution < -0.4 is 14.2 Å². The molecule has 2 aromatic carbocycles. The highest BCUT2D eigenvalue weighted by molar-refractivity contribution is 6.46.